The van der Waals surface area contributed by atoms with Crippen molar-refractivity contribution >= 4 is 23.4 Å². The van der Waals surface area contributed by atoms with E-state index in [0.717, 1.165) is 17.2 Å². The van der Waals surface area contributed by atoms with E-state index < -0.39 is 0 Å². The van der Waals surface area contributed by atoms with Crippen molar-refractivity contribution in [1.82, 2.24) is 0 Å². The van der Waals surface area contributed by atoms with E-state index in [1.807, 2.05) is 30.0 Å². The van der Waals surface area contributed by atoms with Crippen molar-refractivity contribution in [1.29, 1.82) is 0 Å². The fourth-order valence-corrected chi connectivity index (χ4v) is 3.14. The molecule has 0 fully saturated rings. The minimum Gasteiger partial charge on any atom is -0.327 e. The average Bonchev–Trinajstić information content (AvgIpc) is 2.38. The lowest BCUT2D eigenvalue weighted by Crippen LogP contribution is -2.25. The van der Waals surface area contributed by atoms with Crippen molar-refractivity contribution in [3.05, 3.63) is 64.7 Å². The quantitative estimate of drug-likeness (QED) is 0.831. The lowest BCUT2D eigenvalue weighted by molar-refractivity contribution is 0.748. The number of halogens is 1. The molecule has 0 saturated heterocycles. The molecule has 0 bridgehead atoms. The Morgan fingerprint density at radius 1 is 1.16 bits per heavy atom. The second-order valence-electron chi connectivity index (χ2n) is 4.67. The lowest BCUT2D eigenvalue weighted by Gasteiger charge is -2.12. The Kier molecular flexibility index (Phi) is 5.32. The summed E-state index contributed by atoms with van der Waals surface area (Å²) in [6.45, 7) is 2.13. The summed E-state index contributed by atoms with van der Waals surface area (Å²) in [6, 6.07) is 16.5. The van der Waals surface area contributed by atoms with Crippen molar-refractivity contribution in [3.63, 3.8) is 0 Å². The summed E-state index contributed by atoms with van der Waals surface area (Å²) in [6.07, 6.45) is 0.861. The van der Waals surface area contributed by atoms with Crippen LogP contribution in [-0.2, 0) is 6.42 Å². The first-order chi connectivity index (χ1) is 9.15. The molecule has 1 unspecified atom stereocenters. The molecule has 0 radical (unpaired) electrons. The van der Waals surface area contributed by atoms with E-state index >= 15 is 0 Å². The van der Waals surface area contributed by atoms with Crippen LogP contribution in [0.15, 0.2) is 53.4 Å². The summed E-state index contributed by atoms with van der Waals surface area (Å²) in [5.74, 6) is 0.914. The van der Waals surface area contributed by atoms with Crippen LogP contribution < -0.4 is 5.73 Å². The molecule has 19 heavy (non-hydrogen) atoms. The third-order valence-electron chi connectivity index (χ3n) is 2.93. The van der Waals surface area contributed by atoms with Gasteiger partial charge in [0.05, 0.1) is 0 Å². The van der Waals surface area contributed by atoms with Crippen LogP contribution in [0.5, 0.6) is 0 Å². The van der Waals surface area contributed by atoms with Gasteiger partial charge in [-0.15, -0.1) is 11.8 Å². The SMILES string of the molecule is Cc1ccccc1SCC(N)Cc1cccc(Cl)c1. The van der Waals surface area contributed by atoms with Gasteiger partial charge in [0, 0.05) is 21.7 Å². The van der Waals surface area contributed by atoms with Gasteiger partial charge < -0.3 is 5.73 Å². The van der Waals surface area contributed by atoms with Gasteiger partial charge in [0.2, 0.25) is 0 Å². The molecule has 2 rings (SSSR count). The third-order valence-corrected chi connectivity index (χ3v) is 4.53. The smallest absolute Gasteiger partial charge is 0.0408 e. The molecule has 2 N–H and O–H groups in total. The normalized spacial score (nSPS) is 12.4. The van der Waals surface area contributed by atoms with Crippen molar-refractivity contribution < 1.29 is 0 Å². The second kappa shape index (κ2) is 6.99. The number of hydrogen-bond donors (Lipinski definition) is 1. The first-order valence-electron chi connectivity index (χ1n) is 6.33. The topological polar surface area (TPSA) is 26.0 Å². The maximum absolute atomic E-state index is 6.19. The molecule has 0 aliphatic carbocycles. The van der Waals surface area contributed by atoms with E-state index in [1.165, 1.54) is 16.0 Å². The molecule has 0 aromatic heterocycles. The summed E-state index contributed by atoms with van der Waals surface area (Å²) in [5, 5.41) is 0.774. The van der Waals surface area contributed by atoms with Crippen molar-refractivity contribution in [2.24, 2.45) is 5.73 Å². The van der Waals surface area contributed by atoms with E-state index in [9.17, 15) is 0 Å². The van der Waals surface area contributed by atoms with Crippen LogP contribution in [-0.4, -0.2) is 11.8 Å². The molecule has 3 heteroatoms. The van der Waals surface area contributed by atoms with Crippen LogP contribution in [0.4, 0.5) is 0 Å². The Bertz CT molecular complexity index is 542. The molecular formula is C16H18ClNS. The van der Waals surface area contributed by atoms with Gasteiger partial charge in [-0.05, 0) is 42.7 Å². The Labute approximate surface area is 124 Å². The van der Waals surface area contributed by atoms with E-state index in [2.05, 4.69) is 37.3 Å². The molecule has 0 saturated carbocycles. The third kappa shape index (κ3) is 4.57. The summed E-state index contributed by atoms with van der Waals surface area (Å²) in [7, 11) is 0. The minimum atomic E-state index is 0.142. The van der Waals surface area contributed by atoms with Crippen molar-refractivity contribution in [2.45, 2.75) is 24.3 Å². The largest absolute Gasteiger partial charge is 0.327 e. The van der Waals surface area contributed by atoms with Crippen LogP contribution in [0.1, 0.15) is 11.1 Å². The van der Waals surface area contributed by atoms with E-state index in [0.29, 0.717) is 0 Å². The molecule has 0 heterocycles. The van der Waals surface area contributed by atoms with Gasteiger partial charge in [0.25, 0.3) is 0 Å². The molecule has 2 aromatic rings. The van der Waals surface area contributed by atoms with Crippen LogP contribution in [0.25, 0.3) is 0 Å². The minimum absolute atomic E-state index is 0.142. The van der Waals surface area contributed by atoms with E-state index in [1.54, 1.807) is 0 Å². The van der Waals surface area contributed by atoms with Gasteiger partial charge in [-0.25, -0.2) is 0 Å². The molecule has 0 aliphatic heterocycles. The summed E-state index contributed by atoms with van der Waals surface area (Å²) < 4.78 is 0. The molecule has 100 valence electrons. The number of thioether (sulfide) groups is 1. The Hall–Kier alpha value is -0.960. The Morgan fingerprint density at radius 2 is 1.95 bits per heavy atom. The zero-order valence-electron chi connectivity index (χ0n) is 11.0. The molecule has 0 spiro atoms. The van der Waals surface area contributed by atoms with Gasteiger partial charge in [-0.3, -0.25) is 0 Å². The highest BCUT2D eigenvalue weighted by atomic mass is 35.5. The zero-order chi connectivity index (χ0) is 13.7. The molecule has 1 nitrogen and oxygen atoms in total. The van der Waals surface area contributed by atoms with Crippen LogP contribution >= 0.6 is 23.4 Å². The summed E-state index contributed by atoms with van der Waals surface area (Å²) >= 11 is 7.80. The molecule has 1 atom stereocenters. The zero-order valence-corrected chi connectivity index (χ0v) is 12.5. The van der Waals surface area contributed by atoms with E-state index in [4.69, 9.17) is 17.3 Å². The highest BCUT2D eigenvalue weighted by Gasteiger charge is 2.06. The Balaban J connectivity index is 1.88. The Morgan fingerprint density at radius 3 is 2.68 bits per heavy atom. The number of aryl methyl sites for hydroxylation is 1. The molecular weight excluding hydrogens is 274 g/mol. The molecule has 0 amide bonds. The maximum Gasteiger partial charge on any atom is 0.0408 e. The van der Waals surface area contributed by atoms with Crippen LogP contribution in [0, 0.1) is 6.92 Å². The van der Waals surface area contributed by atoms with E-state index in [-0.39, 0.29) is 6.04 Å². The lowest BCUT2D eigenvalue weighted by atomic mass is 10.1. The van der Waals surface area contributed by atoms with Crippen LogP contribution in [0.3, 0.4) is 0 Å². The summed E-state index contributed by atoms with van der Waals surface area (Å²) in [4.78, 5) is 1.31. The predicted octanol–water partition coefficient (Wildman–Crippen LogP) is 4.31. The number of benzene rings is 2. The monoisotopic (exact) mass is 291 g/mol. The van der Waals surface area contributed by atoms with Gasteiger partial charge in [0.15, 0.2) is 0 Å². The number of hydrogen-bond acceptors (Lipinski definition) is 2. The number of nitrogens with two attached hydrogens (primary N) is 1. The van der Waals surface area contributed by atoms with Gasteiger partial charge >= 0.3 is 0 Å². The number of rotatable bonds is 5. The van der Waals surface area contributed by atoms with Crippen LogP contribution in [0.2, 0.25) is 5.02 Å². The molecule has 0 aliphatic rings. The average molecular weight is 292 g/mol. The summed E-state index contributed by atoms with van der Waals surface area (Å²) in [5.41, 5.74) is 8.70. The van der Waals surface area contributed by atoms with Gasteiger partial charge in [-0.1, -0.05) is 41.9 Å². The first kappa shape index (κ1) is 14.4. The van der Waals surface area contributed by atoms with Gasteiger partial charge in [-0.2, -0.15) is 0 Å². The van der Waals surface area contributed by atoms with Crippen molar-refractivity contribution in [2.75, 3.05) is 5.75 Å². The maximum atomic E-state index is 6.19. The first-order valence-corrected chi connectivity index (χ1v) is 7.70. The predicted molar refractivity (Wildman–Crippen MR) is 85.0 cm³/mol. The highest BCUT2D eigenvalue weighted by Crippen LogP contribution is 2.23. The standard InChI is InChI=1S/C16H18ClNS/c1-12-5-2-3-8-16(12)19-11-15(18)10-13-6-4-7-14(17)9-13/h2-9,15H,10-11,18H2,1H3. The molecule has 2 aromatic carbocycles. The highest BCUT2D eigenvalue weighted by molar-refractivity contribution is 7.99. The fraction of sp³-hybridized carbons (Fsp3) is 0.250. The second-order valence-corrected chi connectivity index (χ2v) is 6.17. The van der Waals surface area contributed by atoms with Crippen molar-refractivity contribution in [3.8, 4) is 0 Å². The fourth-order valence-electron chi connectivity index (χ4n) is 1.94. The van der Waals surface area contributed by atoms with Gasteiger partial charge in [0.1, 0.15) is 0 Å².